The Labute approximate surface area is 146 Å². The molecule has 0 atom stereocenters. The maximum Gasteiger partial charge on any atom is 0.274 e. The number of nitrogens with zero attached hydrogens (tertiary/aromatic N) is 5. The molecule has 1 aromatic carbocycles. The lowest BCUT2D eigenvalue weighted by molar-refractivity contribution is 0.0706. The topological polar surface area (TPSA) is 79.7 Å². The minimum absolute atomic E-state index is 0.00114. The van der Waals surface area contributed by atoms with Crippen molar-refractivity contribution in [1.29, 1.82) is 0 Å². The van der Waals surface area contributed by atoms with Gasteiger partial charge < -0.3 is 9.47 Å². The monoisotopic (exact) mass is 338 g/mol. The first kappa shape index (κ1) is 15.8. The quantitative estimate of drug-likeness (QED) is 0.796. The summed E-state index contributed by atoms with van der Waals surface area (Å²) in [5, 5.41) is 16.4. The van der Waals surface area contributed by atoms with Crippen molar-refractivity contribution in [3.05, 3.63) is 42.1 Å². The lowest BCUT2D eigenvalue weighted by atomic mass is 9.95. The zero-order valence-corrected chi connectivity index (χ0v) is 14.5. The Balaban J connectivity index is 1.48. The second-order valence-electron chi connectivity index (χ2n) is 6.87. The Hall–Kier alpha value is -2.70. The number of piperidine rings is 1. The molecule has 7 heteroatoms. The molecule has 0 radical (unpaired) electrons. The van der Waals surface area contributed by atoms with Crippen LogP contribution in [0.4, 0.5) is 0 Å². The van der Waals surface area contributed by atoms with Gasteiger partial charge in [0.25, 0.3) is 5.91 Å². The molecular formula is C18H22N6O. The van der Waals surface area contributed by atoms with E-state index in [4.69, 9.17) is 0 Å². The van der Waals surface area contributed by atoms with Crippen LogP contribution in [0.15, 0.2) is 30.6 Å². The van der Waals surface area contributed by atoms with E-state index >= 15 is 0 Å². The molecule has 25 heavy (non-hydrogen) atoms. The van der Waals surface area contributed by atoms with E-state index in [-0.39, 0.29) is 5.91 Å². The van der Waals surface area contributed by atoms with Crippen molar-refractivity contribution >= 4 is 16.8 Å². The zero-order valence-electron chi connectivity index (χ0n) is 14.5. The standard InChI is InChI=1S/C18H22N6O/c1-12(2)24-11-19-22-17(24)13-7-9-23(10-8-13)18(25)16-14-5-3-4-6-15(14)20-21-16/h3-6,11-13H,7-10H2,1-2H3,(H,20,21). The largest absolute Gasteiger partial charge is 0.337 e. The molecule has 1 aliphatic rings. The molecule has 0 unspecified atom stereocenters. The smallest absolute Gasteiger partial charge is 0.274 e. The van der Waals surface area contributed by atoms with Crippen LogP contribution in [0.2, 0.25) is 0 Å². The van der Waals surface area contributed by atoms with Gasteiger partial charge in [-0.2, -0.15) is 5.10 Å². The first-order chi connectivity index (χ1) is 12.1. The first-order valence-electron chi connectivity index (χ1n) is 8.77. The molecule has 1 amide bonds. The van der Waals surface area contributed by atoms with Crippen molar-refractivity contribution in [2.24, 2.45) is 0 Å². The summed E-state index contributed by atoms with van der Waals surface area (Å²) in [6.45, 7) is 5.70. The highest BCUT2D eigenvalue weighted by molar-refractivity contribution is 6.04. The third-order valence-electron chi connectivity index (χ3n) is 4.98. The van der Waals surface area contributed by atoms with Gasteiger partial charge in [0.2, 0.25) is 0 Å². The summed E-state index contributed by atoms with van der Waals surface area (Å²) >= 11 is 0. The number of likely N-dealkylation sites (tertiary alicyclic amines) is 1. The summed E-state index contributed by atoms with van der Waals surface area (Å²) in [6.07, 6.45) is 3.60. The number of fused-ring (bicyclic) bond motifs is 1. The number of H-pyrrole nitrogens is 1. The summed E-state index contributed by atoms with van der Waals surface area (Å²) in [5.74, 6) is 1.39. The van der Waals surface area contributed by atoms with Gasteiger partial charge in [-0.3, -0.25) is 9.89 Å². The van der Waals surface area contributed by atoms with Crippen molar-refractivity contribution in [1.82, 2.24) is 29.9 Å². The number of aromatic nitrogens is 5. The van der Waals surface area contributed by atoms with Crippen molar-refractivity contribution in [3.8, 4) is 0 Å². The minimum atomic E-state index is 0.00114. The van der Waals surface area contributed by atoms with Gasteiger partial charge in [0, 0.05) is 30.4 Å². The fourth-order valence-electron chi connectivity index (χ4n) is 3.56. The van der Waals surface area contributed by atoms with Gasteiger partial charge in [0.1, 0.15) is 12.2 Å². The SMILES string of the molecule is CC(C)n1cnnc1C1CCN(C(=O)c2n[nH]c3ccccc23)CC1. The van der Waals surface area contributed by atoms with Crippen LogP contribution in [0.25, 0.3) is 10.9 Å². The summed E-state index contributed by atoms with van der Waals surface area (Å²) in [5.41, 5.74) is 1.41. The second kappa shape index (κ2) is 6.31. The molecule has 0 bridgehead atoms. The molecule has 1 aliphatic heterocycles. The Morgan fingerprint density at radius 2 is 2.00 bits per heavy atom. The number of hydrogen-bond acceptors (Lipinski definition) is 4. The van der Waals surface area contributed by atoms with Gasteiger partial charge in [-0.05, 0) is 32.8 Å². The van der Waals surface area contributed by atoms with Crippen molar-refractivity contribution in [2.45, 2.75) is 38.6 Å². The highest BCUT2D eigenvalue weighted by atomic mass is 16.2. The molecule has 130 valence electrons. The van der Waals surface area contributed by atoms with E-state index < -0.39 is 0 Å². The Morgan fingerprint density at radius 3 is 2.76 bits per heavy atom. The third kappa shape index (κ3) is 2.79. The zero-order chi connectivity index (χ0) is 17.4. The number of carbonyl (C=O) groups is 1. The van der Waals surface area contributed by atoms with Crippen molar-refractivity contribution in [2.75, 3.05) is 13.1 Å². The summed E-state index contributed by atoms with van der Waals surface area (Å²) < 4.78 is 2.13. The molecule has 1 saturated heterocycles. The Kier molecular flexibility index (Phi) is 3.99. The van der Waals surface area contributed by atoms with Crippen LogP contribution in [-0.2, 0) is 0 Å². The van der Waals surface area contributed by atoms with E-state index in [2.05, 4.69) is 38.8 Å². The molecule has 4 rings (SSSR count). The molecule has 3 heterocycles. The number of amides is 1. The molecule has 3 aromatic rings. The highest BCUT2D eigenvalue weighted by Crippen LogP contribution is 2.29. The number of carbonyl (C=O) groups excluding carboxylic acids is 1. The number of nitrogens with one attached hydrogen (secondary N) is 1. The van der Waals surface area contributed by atoms with Crippen molar-refractivity contribution in [3.63, 3.8) is 0 Å². The van der Waals surface area contributed by atoms with Gasteiger partial charge in [-0.15, -0.1) is 10.2 Å². The van der Waals surface area contributed by atoms with Gasteiger partial charge >= 0.3 is 0 Å². The van der Waals surface area contributed by atoms with E-state index in [1.165, 1.54) is 0 Å². The van der Waals surface area contributed by atoms with E-state index in [1.807, 2.05) is 29.2 Å². The van der Waals surface area contributed by atoms with Gasteiger partial charge in [0.15, 0.2) is 5.69 Å². The van der Waals surface area contributed by atoms with Gasteiger partial charge in [-0.25, -0.2) is 0 Å². The van der Waals surface area contributed by atoms with Gasteiger partial charge in [0.05, 0.1) is 5.52 Å². The Morgan fingerprint density at radius 1 is 1.24 bits per heavy atom. The Bertz CT molecular complexity index is 888. The normalized spacial score (nSPS) is 16.0. The van der Waals surface area contributed by atoms with Gasteiger partial charge in [-0.1, -0.05) is 18.2 Å². The molecule has 1 N–H and O–H groups in total. The predicted molar refractivity (Wildman–Crippen MR) is 94.4 cm³/mol. The van der Waals surface area contributed by atoms with E-state index in [0.717, 1.165) is 42.7 Å². The van der Waals surface area contributed by atoms with Crippen LogP contribution in [0.5, 0.6) is 0 Å². The lowest BCUT2D eigenvalue weighted by Gasteiger charge is -2.31. The highest BCUT2D eigenvalue weighted by Gasteiger charge is 2.29. The number of rotatable bonds is 3. The summed E-state index contributed by atoms with van der Waals surface area (Å²) in [7, 11) is 0. The van der Waals surface area contributed by atoms with E-state index in [1.54, 1.807) is 6.33 Å². The maximum atomic E-state index is 12.9. The fourth-order valence-corrected chi connectivity index (χ4v) is 3.56. The van der Waals surface area contributed by atoms with Crippen LogP contribution in [0.3, 0.4) is 0 Å². The predicted octanol–water partition coefficient (Wildman–Crippen LogP) is 2.76. The summed E-state index contributed by atoms with van der Waals surface area (Å²) in [4.78, 5) is 14.8. The van der Waals surface area contributed by atoms with E-state index in [9.17, 15) is 4.79 Å². The fraction of sp³-hybridized carbons (Fsp3) is 0.444. The lowest BCUT2D eigenvalue weighted by Crippen LogP contribution is -2.38. The van der Waals surface area contributed by atoms with Crippen molar-refractivity contribution < 1.29 is 4.79 Å². The maximum absolute atomic E-state index is 12.9. The summed E-state index contributed by atoms with van der Waals surface area (Å²) in [6, 6.07) is 8.08. The number of benzene rings is 1. The van der Waals surface area contributed by atoms with E-state index in [0.29, 0.717) is 17.7 Å². The van der Waals surface area contributed by atoms with Crippen LogP contribution in [-0.4, -0.2) is 48.9 Å². The average Bonchev–Trinajstić information content (AvgIpc) is 3.28. The second-order valence-corrected chi connectivity index (χ2v) is 6.87. The molecular weight excluding hydrogens is 316 g/mol. The average molecular weight is 338 g/mol. The molecule has 2 aromatic heterocycles. The third-order valence-corrected chi connectivity index (χ3v) is 4.98. The van der Waals surface area contributed by atoms with Crippen LogP contribution in [0, 0.1) is 0 Å². The van der Waals surface area contributed by atoms with Crippen LogP contribution < -0.4 is 0 Å². The molecule has 1 fully saturated rings. The number of para-hydroxylation sites is 1. The minimum Gasteiger partial charge on any atom is -0.337 e. The molecule has 0 saturated carbocycles. The van der Waals surface area contributed by atoms with Crippen LogP contribution >= 0.6 is 0 Å². The molecule has 0 spiro atoms. The number of aromatic amines is 1. The number of hydrogen-bond donors (Lipinski definition) is 1. The molecule has 7 nitrogen and oxygen atoms in total. The molecule has 0 aliphatic carbocycles. The first-order valence-corrected chi connectivity index (χ1v) is 8.77. The van der Waals surface area contributed by atoms with Crippen LogP contribution in [0.1, 0.15) is 55.0 Å².